The Morgan fingerprint density at radius 1 is 1.23 bits per heavy atom. The largest absolute Gasteiger partial charge is 0.379 e. The summed E-state index contributed by atoms with van der Waals surface area (Å²) in [6.07, 6.45) is 8.25. The van der Waals surface area contributed by atoms with Gasteiger partial charge >= 0.3 is 0 Å². The van der Waals surface area contributed by atoms with Crippen molar-refractivity contribution < 1.29 is 5.11 Å². The molecule has 0 amide bonds. The molecule has 2 unspecified atom stereocenters. The van der Waals surface area contributed by atoms with Crippen LogP contribution in [0.3, 0.4) is 0 Å². The lowest BCUT2D eigenvalue weighted by Crippen LogP contribution is -2.22. The Hall–Kier alpha value is -0.0800. The molecule has 1 fully saturated rings. The molecule has 78 valence electrons. The van der Waals surface area contributed by atoms with Gasteiger partial charge in [-0.05, 0) is 24.7 Å². The lowest BCUT2D eigenvalue weighted by molar-refractivity contribution is 0.149. The first-order valence-corrected chi connectivity index (χ1v) is 5.64. The van der Waals surface area contributed by atoms with Crippen molar-refractivity contribution in [3.63, 3.8) is 0 Å². The molecule has 0 aromatic heterocycles. The summed E-state index contributed by atoms with van der Waals surface area (Å²) in [5.74, 6) is 1.64. The highest BCUT2D eigenvalue weighted by Gasteiger charge is 2.19. The maximum Gasteiger partial charge on any atom is 0.102 e. The smallest absolute Gasteiger partial charge is 0.102 e. The summed E-state index contributed by atoms with van der Waals surface area (Å²) in [5.41, 5.74) is 5.33. The molecule has 0 aliphatic heterocycles. The summed E-state index contributed by atoms with van der Waals surface area (Å²) < 4.78 is 0. The highest BCUT2D eigenvalue weighted by molar-refractivity contribution is 4.71. The lowest BCUT2D eigenvalue weighted by atomic mass is 9.79. The number of nitrogens with two attached hydrogens (primary N) is 1. The number of rotatable bonds is 4. The van der Waals surface area contributed by atoms with Crippen LogP contribution in [0.2, 0.25) is 0 Å². The minimum absolute atomic E-state index is 0.606. The summed E-state index contributed by atoms with van der Waals surface area (Å²) in [7, 11) is 0. The molecule has 0 bridgehead atoms. The molecule has 1 aliphatic rings. The van der Waals surface area contributed by atoms with Crippen molar-refractivity contribution in [3.8, 4) is 0 Å². The third-order valence-corrected chi connectivity index (χ3v) is 3.37. The summed E-state index contributed by atoms with van der Waals surface area (Å²) in [6.45, 7) is 2.30. The maximum atomic E-state index is 8.98. The van der Waals surface area contributed by atoms with Crippen molar-refractivity contribution in [1.82, 2.24) is 0 Å². The second kappa shape index (κ2) is 5.61. The van der Waals surface area contributed by atoms with Gasteiger partial charge in [0.05, 0.1) is 0 Å². The van der Waals surface area contributed by atoms with E-state index >= 15 is 0 Å². The van der Waals surface area contributed by atoms with E-state index in [1.54, 1.807) is 0 Å². The first-order chi connectivity index (χ1) is 6.20. The summed E-state index contributed by atoms with van der Waals surface area (Å²) in [6, 6.07) is 0. The predicted octanol–water partition coefficient (Wildman–Crippen LogP) is 2.26. The van der Waals surface area contributed by atoms with Crippen molar-refractivity contribution in [2.75, 3.05) is 0 Å². The third kappa shape index (κ3) is 4.10. The van der Waals surface area contributed by atoms with Gasteiger partial charge in [-0.15, -0.1) is 0 Å². The van der Waals surface area contributed by atoms with Crippen LogP contribution in [0.1, 0.15) is 51.9 Å². The minimum atomic E-state index is -0.606. The third-order valence-electron chi connectivity index (χ3n) is 3.37. The first-order valence-electron chi connectivity index (χ1n) is 5.64. The molecule has 1 saturated carbocycles. The SMILES string of the molecule is CC(CCC(N)O)C1CCCCC1. The van der Waals surface area contributed by atoms with Gasteiger partial charge in [-0.25, -0.2) is 0 Å². The Morgan fingerprint density at radius 3 is 2.38 bits per heavy atom. The number of aliphatic hydroxyl groups excluding tert-OH is 1. The van der Waals surface area contributed by atoms with Crippen LogP contribution >= 0.6 is 0 Å². The predicted molar refractivity (Wildman–Crippen MR) is 55.2 cm³/mol. The fraction of sp³-hybridized carbons (Fsp3) is 1.00. The molecule has 2 nitrogen and oxygen atoms in total. The van der Waals surface area contributed by atoms with E-state index in [1.807, 2.05) is 0 Å². The molecule has 2 atom stereocenters. The highest BCUT2D eigenvalue weighted by atomic mass is 16.3. The highest BCUT2D eigenvalue weighted by Crippen LogP contribution is 2.31. The topological polar surface area (TPSA) is 46.2 Å². The number of hydrogen-bond acceptors (Lipinski definition) is 2. The molecule has 0 aromatic rings. The monoisotopic (exact) mass is 185 g/mol. The van der Waals surface area contributed by atoms with E-state index in [0.29, 0.717) is 0 Å². The first kappa shape index (κ1) is 11.0. The van der Waals surface area contributed by atoms with Crippen LogP contribution in [0, 0.1) is 11.8 Å². The Labute approximate surface area is 81.5 Å². The molecular weight excluding hydrogens is 162 g/mol. The van der Waals surface area contributed by atoms with Crippen molar-refractivity contribution in [3.05, 3.63) is 0 Å². The molecular formula is C11H23NO. The lowest BCUT2D eigenvalue weighted by Gasteiger charge is -2.27. The summed E-state index contributed by atoms with van der Waals surface area (Å²) >= 11 is 0. The zero-order valence-corrected chi connectivity index (χ0v) is 8.71. The summed E-state index contributed by atoms with van der Waals surface area (Å²) in [4.78, 5) is 0. The second-order valence-corrected chi connectivity index (χ2v) is 4.52. The van der Waals surface area contributed by atoms with Gasteiger partial charge in [0.25, 0.3) is 0 Å². The Bertz CT molecular complexity index is 130. The van der Waals surface area contributed by atoms with E-state index in [2.05, 4.69) is 6.92 Å². The maximum absolute atomic E-state index is 8.98. The van der Waals surface area contributed by atoms with E-state index in [4.69, 9.17) is 10.8 Å². The zero-order valence-electron chi connectivity index (χ0n) is 8.71. The minimum Gasteiger partial charge on any atom is -0.379 e. The molecule has 2 heteroatoms. The van der Waals surface area contributed by atoms with Gasteiger partial charge in [-0.1, -0.05) is 39.0 Å². The summed E-state index contributed by atoms with van der Waals surface area (Å²) in [5, 5.41) is 8.98. The number of aliphatic hydroxyl groups is 1. The van der Waals surface area contributed by atoms with E-state index in [1.165, 1.54) is 32.1 Å². The van der Waals surface area contributed by atoms with Gasteiger partial charge in [-0.3, -0.25) is 0 Å². The number of hydrogen-bond donors (Lipinski definition) is 2. The molecule has 1 rings (SSSR count). The van der Waals surface area contributed by atoms with Gasteiger partial charge in [0.2, 0.25) is 0 Å². The van der Waals surface area contributed by atoms with Crippen LogP contribution < -0.4 is 5.73 Å². The van der Waals surface area contributed by atoms with Crippen molar-refractivity contribution in [2.24, 2.45) is 17.6 Å². The molecule has 0 saturated heterocycles. The van der Waals surface area contributed by atoms with Crippen LogP contribution in [-0.4, -0.2) is 11.3 Å². The van der Waals surface area contributed by atoms with Gasteiger partial charge < -0.3 is 10.8 Å². The normalized spacial score (nSPS) is 24.2. The average Bonchev–Trinajstić information content (AvgIpc) is 2.15. The molecule has 0 radical (unpaired) electrons. The fourth-order valence-electron chi connectivity index (χ4n) is 2.37. The van der Waals surface area contributed by atoms with Crippen molar-refractivity contribution in [1.29, 1.82) is 0 Å². The van der Waals surface area contributed by atoms with Crippen LogP contribution in [-0.2, 0) is 0 Å². The van der Waals surface area contributed by atoms with Crippen molar-refractivity contribution >= 4 is 0 Å². The average molecular weight is 185 g/mol. The zero-order chi connectivity index (χ0) is 9.68. The fourth-order valence-corrected chi connectivity index (χ4v) is 2.37. The Kier molecular flexibility index (Phi) is 4.74. The molecule has 0 spiro atoms. The molecule has 0 heterocycles. The van der Waals surface area contributed by atoms with E-state index in [9.17, 15) is 0 Å². The Balaban J connectivity index is 2.17. The molecule has 1 aliphatic carbocycles. The van der Waals surface area contributed by atoms with Crippen LogP contribution in [0.4, 0.5) is 0 Å². The van der Waals surface area contributed by atoms with Gasteiger partial charge in [0.1, 0.15) is 6.23 Å². The molecule has 0 aromatic carbocycles. The van der Waals surface area contributed by atoms with E-state index in [0.717, 1.165) is 24.7 Å². The van der Waals surface area contributed by atoms with Crippen LogP contribution in [0.15, 0.2) is 0 Å². The second-order valence-electron chi connectivity index (χ2n) is 4.52. The van der Waals surface area contributed by atoms with Gasteiger partial charge in [0, 0.05) is 0 Å². The van der Waals surface area contributed by atoms with E-state index in [-0.39, 0.29) is 0 Å². The van der Waals surface area contributed by atoms with Gasteiger partial charge in [-0.2, -0.15) is 0 Å². The Morgan fingerprint density at radius 2 is 1.85 bits per heavy atom. The molecule has 3 N–H and O–H groups in total. The van der Waals surface area contributed by atoms with Gasteiger partial charge in [0.15, 0.2) is 0 Å². The van der Waals surface area contributed by atoms with E-state index < -0.39 is 6.23 Å². The quantitative estimate of drug-likeness (QED) is 0.660. The molecule has 13 heavy (non-hydrogen) atoms. The standard InChI is InChI=1S/C11H23NO/c1-9(7-8-11(12)13)10-5-3-2-4-6-10/h9-11,13H,2-8,12H2,1H3. The van der Waals surface area contributed by atoms with Crippen LogP contribution in [0.5, 0.6) is 0 Å². The van der Waals surface area contributed by atoms with Crippen LogP contribution in [0.25, 0.3) is 0 Å². The van der Waals surface area contributed by atoms with Crippen molar-refractivity contribution in [2.45, 2.75) is 58.1 Å².